The second-order valence-corrected chi connectivity index (χ2v) is 8.40. The van der Waals surface area contributed by atoms with E-state index in [1.807, 2.05) is 30.3 Å². The Kier molecular flexibility index (Phi) is 6.87. The van der Waals surface area contributed by atoms with E-state index in [0.29, 0.717) is 22.4 Å². The van der Waals surface area contributed by atoms with Crippen molar-refractivity contribution in [3.63, 3.8) is 0 Å². The van der Waals surface area contributed by atoms with Gasteiger partial charge in [-0.3, -0.25) is 14.7 Å². The number of benzene rings is 2. The highest BCUT2D eigenvalue weighted by molar-refractivity contribution is 9.11. The van der Waals surface area contributed by atoms with E-state index in [1.165, 1.54) is 18.7 Å². The van der Waals surface area contributed by atoms with Crippen LogP contribution in [0.2, 0.25) is 0 Å². The predicted molar refractivity (Wildman–Crippen MR) is 117 cm³/mol. The first kappa shape index (κ1) is 20.6. The molecule has 10 heteroatoms. The second-order valence-electron chi connectivity index (χ2n) is 5.69. The van der Waals surface area contributed by atoms with Crippen LogP contribution in [0.15, 0.2) is 56.6 Å². The van der Waals surface area contributed by atoms with Crippen molar-refractivity contribution in [1.82, 2.24) is 15.2 Å². The van der Waals surface area contributed by atoms with E-state index in [4.69, 9.17) is 0 Å². The van der Waals surface area contributed by atoms with Crippen molar-refractivity contribution in [3.05, 3.63) is 51.4 Å². The van der Waals surface area contributed by atoms with Crippen LogP contribution < -0.4 is 10.6 Å². The molecule has 3 aromatic rings. The highest BCUT2D eigenvalue weighted by atomic mass is 79.9. The molecule has 2 amide bonds. The third-order valence-corrected chi connectivity index (χ3v) is 5.49. The van der Waals surface area contributed by atoms with Gasteiger partial charge in [-0.25, -0.2) is 4.98 Å². The molecule has 0 saturated carbocycles. The number of nitrogens with zero attached hydrogens (tertiary/aromatic N) is 2. The quantitative estimate of drug-likeness (QED) is 0.406. The maximum Gasteiger partial charge on any atom is 0.234 e. The van der Waals surface area contributed by atoms with Crippen molar-refractivity contribution in [2.45, 2.75) is 12.1 Å². The third-order valence-electron chi connectivity index (χ3n) is 3.46. The van der Waals surface area contributed by atoms with Gasteiger partial charge in [0.25, 0.3) is 0 Å². The van der Waals surface area contributed by atoms with Gasteiger partial charge in [0.2, 0.25) is 17.0 Å². The van der Waals surface area contributed by atoms with E-state index in [1.54, 1.807) is 12.1 Å². The van der Waals surface area contributed by atoms with E-state index >= 15 is 0 Å². The number of thioether (sulfide) groups is 1. The van der Waals surface area contributed by atoms with Gasteiger partial charge in [0.1, 0.15) is 0 Å². The highest BCUT2D eigenvalue weighted by Crippen LogP contribution is 2.27. The lowest BCUT2D eigenvalue weighted by Gasteiger charge is -2.07. The third kappa shape index (κ3) is 5.66. The van der Waals surface area contributed by atoms with Crippen LogP contribution in [0.4, 0.5) is 11.4 Å². The minimum Gasteiger partial charge on any atom is -0.326 e. The van der Waals surface area contributed by atoms with Crippen LogP contribution in [-0.4, -0.2) is 32.7 Å². The van der Waals surface area contributed by atoms with Crippen LogP contribution in [0, 0.1) is 0 Å². The number of aromatic nitrogens is 3. The van der Waals surface area contributed by atoms with Gasteiger partial charge >= 0.3 is 0 Å². The zero-order chi connectivity index (χ0) is 20.1. The van der Waals surface area contributed by atoms with Crippen LogP contribution in [0.25, 0.3) is 11.4 Å². The van der Waals surface area contributed by atoms with Gasteiger partial charge in [0.15, 0.2) is 5.82 Å². The zero-order valence-electron chi connectivity index (χ0n) is 14.6. The summed E-state index contributed by atoms with van der Waals surface area (Å²) >= 11 is 8.01. The first-order chi connectivity index (χ1) is 13.4. The molecule has 2 aromatic carbocycles. The molecule has 1 heterocycles. The Morgan fingerprint density at radius 3 is 2.75 bits per heavy atom. The lowest BCUT2D eigenvalue weighted by Crippen LogP contribution is -2.14. The normalized spacial score (nSPS) is 10.5. The Balaban J connectivity index is 1.61. The molecule has 0 aliphatic rings. The number of aromatic amines is 1. The molecule has 0 aliphatic carbocycles. The lowest BCUT2D eigenvalue weighted by atomic mass is 10.2. The number of hydrogen-bond donors (Lipinski definition) is 3. The molecule has 7 nitrogen and oxygen atoms in total. The Labute approximate surface area is 182 Å². The summed E-state index contributed by atoms with van der Waals surface area (Å²) in [5.41, 5.74) is 2.15. The fourth-order valence-corrected chi connectivity index (χ4v) is 3.60. The summed E-state index contributed by atoms with van der Waals surface area (Å²) in [7, 11) is 0. The van der Waals surface area contributed by atoms with Gasteiger partial charge in [-0.1, -0.05) is 39.8 Å². The molecule has 0 aliphatic heterocycles. The Morgan fingerprint density at radius 1 is 1.14 bits per heavy atom. The number of rotatable bonds is 6. The standard InChI is InChI=1S/C18H15Br2N5O2S/c1-10(26)21-13-4-2-3-11(7-13)17-23-18(25-24-17)28-9-16(27)22-15-8-12(19)5-6-14(15)20/h2-8H,9H2,1H3,(H,21,26)(H,22,27)(H,23,24,25). The summed E-state index contributed by atoms with van der Waals surface area (Å²) in [6, 6.07) is 12.8. The molecular weight excluding hydrogens is 510 g/mol. The number of hydrogen-bond acceptors (Lipinski definition) is 5. The van der Waals surface area contributed by atoms with Crippen LogP contribution >= 0.6 is 43.6 Å². The van der Waals surface area contributed by atoms with E-state index < -0.39 is 0 Å². The molecule has 0 radical (unpaired) electrons. The molecule has 3 N–H and O–H groups in total. The maximum absolute atomic E-state index is 12.2. The molecule has 0 spiro atoms. The van der Waals surface area contributed by atoms with Crippen molar-refractivity contribution in [1.29, 1.82) is 0 Å². The summed E-state index contributed by atoms with van der Waals surface area (Å²) < 4.78 is 1.67. The van der Waals surface area contributed by atoms with E-state index in [9.17, 15) is 9.59 Å². The van der Waals surface area contributed by atoms with E-state index in [-0.39, 0.29) is 17.6 Å². The highest BCUT2D eigenvalue weighted by Gasteiger charge is 2.11. The SMILES string of the molecule is CC(=O)Nc1cccc(-c2nc(SCC(=O)Nc3cc(Br)ccc3Br)n[nH]2)c1. The van der Waals surface area contributed by atoms with Crippen molar-refractivity contribution >= 4 is 66.8 Å². The molecule has 28 heavy (non-hydrogen) atoms. The van der Waals surface area contributed by atoms with Gasteiger partial charge in [0.05, 0.1) is 11.4 Å². The number of carbonyl (C=O) groups is 2. The summed E-state index contributed by atoms with van der Waals surface area (Å²) in [4.78, 5) is 27.8. The molecular formula is C18H15Br2N5O2S. The fraction of sp³-hybridized carbons (Fsp3) is 0.111. The number of carbonyl (C=O) groups excluding carboxylic acids is 2. The number of nitrogens with one attached hydrogen (secondary N) is 3. The Hall–Kier alpha value is -2.17. The molecule has 1 aromatic heterocycles. The molecule has 3 rings (SSSR count). The van der Waals surface area contributed by atoms with Crippen molar-refractivity contribution < 1.29 is 9.59 Å². The minimum atomic E-state index is -0.164. The van der Waals surface area contributed by atoms with Crippen LogP contribution in [0.3, 0.4) is 0 Å². The van der Waals surface area contributed by atoms with Crippen molar-refractivity contribution in [2.75, 3.05) is 16.4 Å². The Morgan fingerprint density at radius 2 is 1.96 bits per heavy atom. The first-order valence-corrected chi connectivity index (χ1v) is 10.7. The number of halogens is 2. The average Bonchev–Trinajstić information content (AvgIpc) is 3.12. The van der Waals surface area contributed by atoms with Gasteiger partial charge in [0, 0.05) is 27.1 Å². The second kappa shape index (κ2) is 9.35. The van der Waals surface area contributed by atoms with Crippen molar-refractivity contribution in [2.24, 2.45) is 0 Å². The van der Waals surface area contributed by atoms with Crippen molar-refractivity contribution in [3.8, 4) is 11.4 Å². The summed E-state index contributed by atoms with van der Waals surface area (Å²) in [6.07, 6.45) is 0. The summed E-state index contributed by atoms with van der Waals surface area (Å²) in [5, 5.41) is 13.0. The average molecular weight is 525 g/mol. The largest absolute Gasteiger partial charge is 0.326 e. The monoisotopic (exact) mass is 523 g/mol. The smallest absolute Gasteiger partial charge is 0.234 e. The number of H-pyrrole nitrogens is 1. The van der Waals surface area contributed by atoms with E-state index in [0.717, 1.165) is 14.5 Å². The van der Waals surface area contributed by atoms with Crippen LogP contribution in [0.5, 0.6) is 0 Å². The first-order valence-electron chi connectivity index (χ1n) is 8.09. The molecule has 0 saturated heterocycles. The number of anilines is 2. The molecule has 0 unspecified atom stereocenters. The maximum atomic E-state index is 12.2. The molecule has 0 atom stereocenters. The van der Waals surface area contributed by atoms with Crippen LogP contribution in [0.1, 0.15) is 6.92 Å². The zero-order valence-corrected chi connectivity index (χ0v) is 18.6. The topological polar surface area (TPSA) is 99.8 Å². The Bertz CT molecular complexity index is 1020. The molecule has 144 valence electrons. The minimum absolute atomic E-state index is 0.144. The summed E-state index contributed by atoms with van der Waals surface area (Å²) in [5.74, 6) is 0.420. The number of amides is 2. The molecule has 0 bridgehead atoms. The molecule has 0 fully saturated rings. The van der Waals surface area contributed by atoms with Gasteiger partial charge in [-0.2, -0.15) is 0 Å². The lowest BCUT2D eigenvalue weighted by molar-refractivity contribution is -0.114. The van der Waals surface area contributed by atoms with Gasteiger partial charge in [-0.05, 0) is 46.3 Å². The fourth-order valence-electron chi connectivity index (χ4n) is 2.30. The van der Waals surface area contributed by atoms with E-state index in [2.05, 4.69) is 57.7 Å². The summed E-state index contributed by atoms with van der Waals surface area (Å²) in [6.45, 7) is 1.45. The van der Waals surface area contributed by atoms with Gasteiger partial charge in [-0.15, -0.1) is 5.10 Å². The van der Waals surface area contributed by atoms with Gasteiger partial charge < -0.3 is 10.6 Å². The van der Waals surface area contributed by atoms with Crippen LogP contribution in [-0.2, 0) is 9.59 Å². The predicted octanol–water partition coefficient (Wildman–Crippen LogP) is 4.69.